The van der Waals surface area contributed by atoms with Crippen molar-refractivity contribution in [1.82, 2.24) is 0 Å². The van der Waals surface area contributed by atoms with E-state index in [1.807, 2.05) is 6.92 Å². The van der Waals surface area contributed by atoms with Crippen molar-refractivity contribution in [3.63, 3.8) is 0 Å². The second-order valence-electron chi connectivity index (χ2n) is 16.9. The van der Waals surface area contributed by atoms with Gasteiger partial charge in [0.2, 0.25) is 0 Å². The summed E-state index contributed by atoms with van der Waals surface area (Å²) in [5.41, 5.74) is 13.9. The monoisotopic (exact) mass is 856 g/mol. The normalized spacial score (nSPS) is 15.9. The van der Waals surface area contributed by atoms with E-state index in [-0.39, 0.29) is 0 Å². The molecule has 59 heavy (non-hydrogen) atoms. The Morgan fingerprint density at radius 3 is 0.763 bits per heavy atom. The third-order valence-electron chi connectivity index (χ3n) is 10.2. The van der Waals surface area contributed by atoms with Crippen molar-refractivity contribution in [2.24, 2.45) is 0 Å². The molecule has 0 aromatic rings. The van der Waals surface area contributed by atoms with E-state index >= 15 is 0 Å². The van der Waals surface area contributed by atoms with Crippen LogP contribution in [0.4, 0.5) is 0 Å². The molecule has 0 saturated heterocycles. The van der Waals surface area contributed by atoms with Crippen molar-refractivity contribution >= 4 is 15.6 Å². The average molecular weight is 856 g/mol. The fourth-order valence-corrected chi connectivity index (χ4v) is 7.72. The van der Waals surface area contributed by atoms with Gasteiger partial charge in [0.25, 0.3) is 7.82 Å². The van der Waals surface area contributed by atoms with E-state index in [4.69, 9.17) is 0 Å². The lowest BCUT2D eigenvalue weighted by molar-refractivity contribution is -0.339. The number of phosphoric ester groups is 1. The maximum atomic E-state index is 11.3. The Morgan fingerprint density at radius 2 is 0.559 bits per heavy atom. The number of rotatable bonds is 32. The topological polar surface area (TPSA) is 122 Å². The standard InChI is InChI=1S/C50H84O7P2/c1-41(2)21-12-22-42(3)23-13-24-43(4)25-14-26-44(5)27-15-28-45(6)29-16-30-46(7)31-17-32-47(8)33-18-34-48(9)35-19-36-49(10)37-20-38-50(11)39-40-56-59(54,55)57-58(51,52)53/h21,23,25,27,29,31,33,35,37,39H,12-20,22,24,26,28,30,32,34,36,38,40H2,1-11H3,(H,54,55)(H2,51,52,53)/p-3/b42-23+,43-25-,44-27-,45-29+,46-31+,47-33+,48-35+,49-37+,50-39+. The van der Waals surface area contributed by atoms with Gasteiger partial charge in [0, 0.05) is 0 Å². The van der Waals surface area contributed by atoms with Gasteiger partial charge in [-0.2, -0.15) is 0 Å². The zero-order chi connectivity index (χ0) is 44.7. The van der Waals surface area contributed by atoms with Gasteiger partial charge in [0.1, 0.15) is 0 Å². The summed E-state index contributed by atoms with van der Waals surface area (Å²) in [4.78, 5) is 32.2. The molecule has 0 aromatic carbocycles. The van der Waals surface area contributed by atoms with Gasteiger partial charge in [-0.3, -0.25) is 8.88 Å². The van der Waals surface area contributed by atoms with Crippen LogP contribution in [0.15, 0.2) is 116 Å². The second-order valence-corrected chi connectivity index (χ2v) is 19.6. The van der Waals surface area contributed by atoms with Crippen molar-refractivity contribution < 1.29 is 32.6 Å². The van der Waals surface area contributed by atoms with Crippen LogP contribution in [0.3, 0.4) is 0 Å². The highest BCUT2D eigenvalue weighted by Crippen LogP contribution is 2.50. The molecule has 0 aromatic heterocycles. The molecule has 0 radical (unpaired) electrons. The van der Waals surface area contributed by atoms with Crippen molar-refractivity contribution in [1.29, 1.82) is 0 Å². The molecule has 0 aliphatic carbocycles. The Morgan fingerprint density at radius 1 is 0.356 bits per heavy atom. The summed E-state index contributed by atoms with van der Waals surface area (Å²) in [7, 11) is -10.9. The third-order valence-corrected chi connectivity index (χ3v) is 12.3. The Labute approximate surface area is 361 Å². The molecule has 336 valence electrons. The predicted molar refractivity (Wildman–Crippen MR) is 249 cm³/mol. The molecule has 9 heteroatoms. The first kappa shape index (κ1) is 56.7. The summed E-state index contributed by atoms with van der Waals surface area (Å²) in [6.45, 7) is 23.7. The number of hydrogen-bond donors (Lipinski definition) is 0. The van der Waals surface area contributed by atoms with Gasteiger partial charge in [-0.25, -0.2) is 0 Å². The molecule has 0 heterocycles. The van der Waals surface area contributed by atoms with E-state index in [2.05, 4.69) is 133 Å². The smallest absolute Gasteiger partial charge is 0.272 e. The maximum Gasteiger partial charge on any atom is 0.272 e. The van der Waals surface area contributed by atoms with Crippen LogP contribution in [0.5, 0.6) is 0 Å². The minimum atomic E-state index is -5.67. The predicted octanol–water partition coefficient (Wildman–Crippen LogP) is 14.8. The fourth-order valence-electron chi connectivity index (χ4n) is 6.29. The molecular formula is C50H81O7P2-3. The van der Waals surface area contributed by atoms with Gasteiger partial charge in [0.05, 0.1) is 14.4 Å². The Kier molecular flexibility index (Phi) is 32.0. The molecular weight excluding hydrogens is 774 g/mol. The van der Waals surface area contributed by atoms with E-state index in [1.54, 1.807) is 0 Å². The van der Waals surface area contributed by atoms with Crippen LogP contribution in [-0.2, 0) is 18.0 Å². The van der Waals surface area contributed by atoms with Crippen LogP contribution >= 0.6 is 15.6 Å². The van der Waals surface area contributed by atoms with Gasteiger partial charge in [-0.1, -0.05) is 116 Å². The highest BCUT2D eigenvalue weighted by molar-refractivity contribution is 7.58. The zero-order valence-corrected chi connectivity index (χ0v) is 40.7. The number of phosphoric acid groups is 2. The van der Waals surface area contributed by atoms with Gasteiger partial charge >= 0.3 is 0 Å². The number of allylic oxidation sites excluding steroid dienone is 19. The lowest BCUT2D eigenvalue weighted by Gasteiger charge is -2.34. The Hall–Kier alpha value is -2.34. The minimum absolute atomic E-state index is 0.391. The van der Waals surface area contributed by atoms with E-state index in [0.29, 0.717) is 6.42 Å². The molecule has 0 spiro atoms. The second kappa shape index (κ2) is 33.3. The van der Waals surface area contributed by atoms with E-state index in [0.717, 1.165) is 108 Å². The van der Waals surface area contributed by atoms with Gasteiger partial charge in [-0.15, -0.1) is 0 Å². The van der Waals surface area contributed by atoms with E-state index in [1.165, 1.54) is 62.7 Å². The molecule has 0 fully saturated rings. The molecule has 0 aliphatic heterocycles. The molecule has 0 N–H and O–H groups in total. The number of hydrogen-bond acceptors (Lipinski definition) is 7. The van der Waals surface area contributed by atoms with Gasteiger partial charge in [-0.05, 0) is 192 Å². The molecule has 7 nitrogen and oxygen atoms in total. The summed E-state index contributed by atoms with van der Waals surface area (Å²) in [5.74, 6) is 0. The minimum Gasteiger partial charge on any atom is -0.790 e. The van der Waals surface area contributed by atoms with E-state index in [9.17, 15) is 23.8 Å². The van der Waals surface area contributed by atoms with Crippen molar-refractivity contribution in [2.75, 3.05) is 6.61 Å². The fraction of sp³-hybridized carbons (Fsp3) is 0.600. The summed E-state index contributed by atoms with van der Waals surface area (Å²) in [5, 5.41) is 0. The zero-order valence-electron chi connectivity index (χ0n) is 39.0. The molecule has 0 aliphatic rings. The molecule has 1 unspecified atom stereocenters. The van der Waals surface area contributed by atoms with Crippen LogP contribution in [0, 0.1) is 0 Å². The first-order chi connectivity index (χ1) is 27.7. The molecule has 0 saturated carbocycles. The summed E-state index contributed by atoms with van der Waals surface area (Å²) < 4.78 is 29.6. The van der Waals surface area contributed by atoms with Gasteiger partial charge < -0.3 is 23.8 Å². The maximum absolute atomic E-state index is 11.3. The van der Waals surface area contributed by atoms with Gasteiger partial charge in [0.15, 0.2) is 0 Å². The third kappa shape index (κ3) is 38.3. The lowest BCUT2D eigenvalue weighted by atomic mass is 10.0. The van der Waals surface area contributed by atoms with Crippen LogP contribution < -0.4 is 14.7 Å². The molecule has 1 atom stereocenters. The summed E-state index contributed by atoms with van der Waals surface area (Å²) >= 11 is 0. The highest BCUT2D eigenvalue weighted by atomic mass is 31.3. The average Bonchev–Trinajstić information content (AvgIpc) is 3.10. The van der Waals surface area contributed by atoms with E-state index < -0.39 is 22.3 Å². The SMILES string of the molecule is CC(C)=CCC/C(C)=C/CC/C(C)=C\CC/C(C)=C\CC/C(C)=C/CC/C(C)=C/CC/C(C)=C/CC/C(C)=C/CC/C(C)=C/CC/C(C)=C/COP(=O)([O-])OP(=O)([O-])[O-]. The summed E-state index contributed by atoms with van der Waals surface area (Å²) in [6.07, 6.45) is 42.1. The van der Waals surface area contributed by atoms with Crippen molar-refractivity contribution in [3.05, 3.63) is 116 Å². The molecule has 0 bridgehead atoms. The largest absolute Gasteiger partial charge is 0.790 e. The van der Waals surface area contributed by atoms with Crippen LogP contribution in [0.25, 0.3) is 0 Å². The van der Waals surface area contributed by atoms with Crippen molar-refractivity contribution in [2.45, 2.75) is 192 Å². The Balaban J connectivity index is 4.30. The van der Waals surface area contributed by atoms with Crippen LogP contribution in [0.2, 0.25) is 0 Å². The van der Waals surface area contributed by atoms with Crippen LogP contribution in [0.1, 0.15) is 192 Å². The molecule has 0 rings (SSSR count). The molecule has 0 amide bonds. The van der Waals surface area contributed by atoms with Crippen LogP contribution in [-0.4, -0.2) is 6.61 Å². The van der Waals surface area contributed by atoms with Crippen molar-refractivity contribution in [3.8, 4) is 0 Å². The highest BCUT2D eigenvalue weighted by Gasteiger charge is 2.10. The summed E-state index contributed by atoms with van der Waals surface area (Å²) in [6, 6.07) is 0. The lowest BCUT2D eigenvalue weighted by Crippen LogP contribution is -2.19. The quantitative estimate of drug-likeness (QED) is 0.0488. The Bertz CT molecular complexity index is 1640. The first-order valence-electron chi connectivity index (χ1n) is 21.9. The first-order valence-corrected chi connectivity index (χ1v) is 24.8.